The number of allylic oxidation sites excluding steroid dienone is 1. The molecule has 2 spiro atoms. The summed E-state index contributed by atoms with van der Waals surface area (Å²) in [4.78, 5) is 0. The average molecular weight is 393 g/mol. The van der Waals surface area contributed by atoms with Gasteiger partial charge in [-0.25, -0.2) is 0 Å². The van der Waals surface area contributed by atoms with Crippen molar-refractivity contribution in [2.45, 2.75) is 43.3 Å². The van der Waals surface area contributed by atoms with E-state index in [0.717, 1.165) is 70.0 Å². The van der Waals surface area contributed by atoms with Gasteiger partial charge >= 0.3 is 0 Å². The van der Waals surface area contributed by atoms with Crippen LogP contribution in [0.2, 0.25) is 0 Å². The van der Waals surface area contributed by atoms with Gasteiger partial charge in [0.2, 0.25) is 0 Å². The molecular weight excluding hydrogens is 372 g/mol. The third-order valence-electron chi connectivity index (χ3n) is 5.85. The van der Waals surface area contributed by atoms with Crippen LogP contribution < -0.4 is 9.47 Å². The fourth-order valence-corrected chi connectivity index (χ4v) is 5.37. The van der Waals surface area contributed by atoms with Gasteiger partial charge in [-0.1, -0.05) is 15.9 Å². The topological polar surface area (TPSA) is 36.9 Å². The van der Waals surface area contributed by atoms with Gasteiger partial charge in [0, 0.05) is 29.2 Å². The van der Waals surface area contributed by atoms with E-state index in [1.165, 1.54) is 15.6 Å². The van der Waals surface area contributed by atoms with Crippen molar-refractivity contribution in [1.82, 2.24) is 0 Å². The standard InChI is InChI=1S/C19H21BrO4/c20-17-11-13-10-15-16(22-7-1-6-21-15)12-14(13)18(17)2-4-19(5-3-18)23-8-9-24-19/h10-12H,1-9H2. The lowest BCUT2D eigenvalue weighted by atomic mass is 9.69. The Bertz CT molecular complexity index is 696. The number of halogens is 1. The maximum absolute atomic E-state index is 5.92. The van der Waals surface area contributed by atoms with Gasteiger partial charge < -0.3 is 18.9 Å². The van der Waals surface area contributed by atoms with E-state index >= 15 is 0 Å². The molecule has 5 heteroatoms. The molecule has 1 aromatic carbocycles. The molecule has 2 heterocycles. The van der Waals surface area contributed by atoms with Gasteiger partial charge in [-0.3, -0.25) is 0 Å². The summed E-state index contributed by atoms with van der Waals surface area (Å²) < 4.78 is 24.9. The molecule has 2 aliphatic heterocycles. The summed E-state index contributed by atoms with van der Waals surface area (Å²) in [6.45, 7) is 2.88. The molecule has 2 fully saturated rings. The minimum Gasteiger partial charge on any atom is -0.490 e. The largest absolute Gasteiger partial charge is 0.490 e. The first-order chi connectivity index (χ1) is 11.7. The first kappa shape index (κ1) is 15.2. The highest BCUT2D eigenvalue weighted by Gasteiger charge is 2.50. The third-order valence-corrected chi connectivity index (χ3v) is 6.84. The van der Waals surface area contributed by atoms with E-state index in [1.54, 1.807) is 0 Å². The van der Waals surface area contributed by atoms with Crippen LogP contribution in [0, 0.1) is 0 Å². The summed E-state index contributed by atoms with van der Waals surface area (Å²) in [7, 11) is 0. The van der Waals surface area contributed by atoms with Crippen molar-refractivity contribution in [3.05, 3.63) is 27.7 Å². The van der Waals surface area contributed by atoms with Crippen LogP contribution in [0.25, 0.3) is 6.08 Å². The van der Waals surface area contributed by atoms with Crippen LogP contribution in [0.4, 0.5) is 0 Å². The van der Waals surface area contributed by atoms with E-state index < -0.39 is 0 Å². The first-order valence-electron chi connectivity index (χ1n) is 8.81. The highest BCUT2D eigenvalue weighted by molar-refractivity contribution is 9.11. The summed E-state index contributed by atoms with van der Waals surface area (Å²) in [5, 5.41) is 0. The SMILES string of the molecule is BrC1=Cc2cc3c(cc2C12CCC1(CC2)OCCO1)OCCCO3. The highest BCUT2D eigenvalue weighted by atomic mass is 79.9. The van der Waals surface area contributed by atoms with E-state index in [-0.39, 0.29) is 11.2 Å². The van der Waals surface area contributed by atoms with Gasteiger partial charge in [0.15, 0.2) is 17.3 Å². The van der Waals surface area contributed by atoms with Gasteiger partial charge in [-0.05, 0) is 42.2 Å². The van der Waals surface area contributed by atoms with Crippen molar-refractivity contribution >= 4 is 22.0 Å². The molecule has 5 rings (SSSR count). The Balaban J connectivity index is 1.51. The van der Waals surface area contributed by atoms with Crippen molar-refractivity contribution in [3.8, 4) is 11.5 Å². The predicted molar refractivity (Wildman–Crippen MR) is 93.7 cm³/mol. The summed E-state index contributed by atoms with van der Waals surface area (Å²) in [5.74, 6) is 1.41. The van der Waals surface area contributed by atoms with E-state index in [2.05, 4.69) is 34.1 Å². The Labute approximate surface area is 150 Å². The average Bonchev–Trinajstić information content (AvgIpc) is 3.05. The summed E-state index contributed by atoms with van der Waals surface area (Å²) in [6.07, 6.45) is 7.10. The molecule has 1 saturated carbocycles. The zero-order valence-electron chi connectivity index (χ0n) is 13.6. The molecule has 2 aliphatic carbocycles. The molecule has 0 radical (unpaired) electrons. The number of ether oxygens (including phenoxy) is 4. The monoisotopic (exact) mass is 392 g/mol. The number of hydrogen-bond donors (Lipinski definition) is 0. The molecule has 0 bridgehead atoms. The Morgan fingerprint density at radius 1 is 0.833 bits per heavy atom. The van der Waals surface area contributed by atoms with Gasteiger partial charge in [0.05, 0.1) is 26.4 Å². The van der Waals surface area contributed by atoms with E-state index in [1.807, 2.05) is 0 Å². The fourth-order valence-electron chi connectivity index (χ4n) is 4.51. The maximum atomic E-state index is 5.92. The minimum atomic E-state index is -0.341. The number of rotatable bonds is 0. The third kappa shape index (κ3) is 2.18. The Morgan fingerprint density at radius 3 is 2.21 bits per heavy atom. The summed E-state index contributed by atoms with van der Waals surface area (Å²) in [6, 6.07) is 4.34. The predicted octanol–water partition coefficient (Wildman–Crippen LogP) is 4.15. The molecule has 0 aromatic heterocycles. The highest BCUT2D eigenvalue weighted by Crippen LogP contribution is 2.57. The van der Waals surface area contributed by atoms with Crippen LogP contribution in [-0.2, 0) is 14.9 Å². The Kier molecular flexibility index (Phi) is 3.48. The lowest BCUT2D eigenvalue weighted by Gasteiger charge is -2.42. The molecule has 4 nitrogen and oxygen atoms in total. The van der Waals surface area contributed by atoms with Crippen LogP contribution in [0.1, 0.15) is 43.2 Å². The van der Waals surface area contributed by atoms with Crippen LogP contribution in [0.15, 0.2) is 16.6 Å². The zero-order valence-corrected chi connectivity index (χ0v) is 15.2. The lowest BCUT2D eigenvalue weighted by Crippen LogP contribution is -2.41. The molecule has 0 atom stereocenters. The summed E-state index contributed by atoms with van der Waals surface area (Å²) >= 11 is 3.86. The maximum Gasteiger partial charge on any atom is 0.168 e. The molecule has 1 saturated heterocycles. The molecule has 128 valence electrons. The normalized spacial score (nSPS) is 26.3. The van der Waals surface area contributed by atoms with Crippen molar-refractivity contribution in [1.29, 1.82) is 0 Å². The molecule has 0 unspecified atom stereocenters. The van der Waals surface area contributed by atoms with Gasteiger partial charge in [-0.15, -0.1) is 0 Å². The molecule has 4 aliphatic rings. The van der Waals surface area contributed by atoms with E-state index in [9.17, 15) is 0 Å². The molecule has 24 heavy (non-hydrogen) atoms. The van der Waals surface area contributed by atoms with Crippen LogP contribution >= 0.6 is 15.9 Å². The zero-order chi connectivity index (χ0) is 16.2. The quantitative estimate of drug-likeness (QED) is 0.664. The van der Waals surface area contributed by atoms with Gasteiger partial charge in [0.1, 0.15) is 0 Å². The second-order valence-corrected chi connectivity index (χ2v) is 7.97. The Hall–Kier alpha value is -1.04. The smallest absolute Gasteiger partial charge is 0.168 e. The second kappa shape index (κ2) is 5.48. The number of fused-ring (bicyclic) bond motifs is 3. The number of benzene rings is 1. The van der Waals surface area contributed by atoms with Crippen molar-refractivity contribution in [2.24, 2.45) is 0 Å². The molecule has 0 N–H and O–H groups in total. The van der Waals surface area contributed by atoms with Gasteiger partial charge in [0.25, 0.3) is 0 Å². The fraction of sp³-hybridized carbons (Fsp3) is 0.579. The molecule has 0 amide bonds. The van der Waals surface area contributed by atoms with E-state index in [0.29, 0.717) is 0 Å². The second-order valence-electron chi connectivity index (χ2n) is 7.12. The van der Waals surface area contributed by atoms with Crippen molar-refractivity contribution < 1.29 is 18.9 Å². The molecule has 1 aromatic rings. The first-order valence-corrected chi connectivity index (χ1v) is 9.60. The molecular formula is C19H21BrO4. The number of hydrogen-bond acceptors (Lipinski definition) is 4. The van der Waals surface area contributed by atoms with Crippen molar-refractivity contribution in [3.63, 3.8) is 0 Å². The van der Waals surface area contributed by atoms with Crippen LogP contribution in [-0.4, -0.2) is 32.2 Å². The van der Waals surface area contributed by atoms with Crippen molar-refractivity contribution in [2.75, 3.05) is 26.4 Å². The van der Waals surface area contributed by atoms with E-state index in [4.69, 9.17) is 18.9 Å². The minimum absolute atomic E-state index is 0.0284. The Morgan fingerprint density at radius 2 is 1.50 bits per heavy atom. The summed E-state index contributed by atoms with van der Waals surface area (Å²) in [5.41, 5.74) is 2.63. The van der Waals surface area contributed by atoms with Crippen LogP contribution in [0.3, 0.4) is 0 Å². The lowest BCUT2D eigenvalue weighted by molar-refractivity contribution is -0.182. The van der Waals surface area contributed by atoms with Gasteiger partial charge in [-0.2, -0.15) is 0 Å². The van der Waals surface area contributed by atoms with Crippen LogP contribution in [0.5, 0.6) is 11.5 Å².